The zero-order chi connectivity index (χ0) is 28.6. The second kappa shape index (κ2) is 17.2. The summed E-state index contributed by atoms with van der Waals surface area (Å²) in [5, 5.41) is 24.6. The molecule has 1 aliphatic carbocycles. The van der Waals surface area contributed by atoms with Crippen molar-refractivity contribution < 1.29 is 42.6 Å². The molecule has 38 heavy (non-hydrogen) atoms. The zero-order valence-electron chi connectivity index (χ0n) is 21.0. The summed E-state index contributed by atoms with van der Waals surface area (Å²) in [4.78, 5) is 49.8. The molecule has 0 radical (unpaired) electrons. The van der Waals surface area contributed by atoms with Gasteiger partial charge < -0.3 is 31.9 Å². The van der Waals surface area contributed by atoms with Crippen molar-refractivity contribution in [1.82, 2.24) is 20.9 Å². The number of nitrogens with one attached hydrogen (secondary N) is 3. The van der Waals surface area contributed by atoms with Crippen molar-refractivity contribution in [1.29, 1.82) is 0 Å². The summed E-state index contributed by atoms with van der Waals surface area (Å²) in [5.74, 6) is -3.77. The van der Waals surface area contributed by atoms with Crippen molar-refractivity contribution in [3.8, 4) is 0 Å². The van der Waals surface area contributed by atoms with E-state index in [0.29, 0.717) is 44.7 Å². The Bertz CT molecular complexity index is 882. The lowest BCUT2D eigenvalue weighted by Gasteiger charge is -2.27. The van der Waals surface area contributed by atoms with Crippen molar-refractivity contribution >= 4 is 23.9 Å². The molecule has 0 bridgehead atoms. The normalized spacial score (nSPS) is 15.3. The summed E-state index contributed by atoms with van der Waals surface area (Å²) in [7, 11) is 0. The van der Waals surface area contributed by atoms with E-state index in [0.717, 1.165) is 31.2 Å². The van der Waals surface area contributed by atoms with E-state index in [-0.39, 0.29) is 5.91 Å². The van der Waals surface area contributed by atoms with Crippen LogP contribution in [-0.4, -0.2) is 63.9 Å². The van der Waals surface area contributed by atoms with Crippen LogP contribution in [0.3, 0.4) is 0 Å². The quantitative estimate of drug-likeness (QED) is 0.216. The smallest absolute Gasteiger partial charge is 0.480 e. The molecule has 1 heterocycles. The standard InChI is InChI=1S/C22H35N5O4.C2HF3O2/c23-11-5-4-10-18(21(29)30)26-22(31)27-19(13-16-7-2-1-3-8-16)20(28)25-15-17-9-6-12-24-14-17;3-2(4,5)1(6)7/h6,9,12,14,16,18-19H,1-5,7-8,10-11,13,15,23H2,(H,25,28)(H,29,30)(H2,26,27,31);(H,6,7)/t18-,19+;/m0./s1. The second-order valence-electron chi connectivity index (χ2n) is 8.97. The van der Waals surface area contributed by atoms with Crippen molar-refractivity contribution in [3.05, 3.63) is 30.1 Å². The lowest BCUT2D eigenvalue weighted by atomic mass is 9.84. The molecule has 2 rings (SSSR count). The average Bonchev–Trinajstić information content (AvgIpc) is 2.87. The number of aromatic nitrogens is 1. The Morgan fingerprint density at radius 3 is 2.21 bits per heavy atom. The first kappa shape index (κ1) is 32.6. The fourth-order valence-electron chi connectivity index (χ4n) is 3.91. The molecular formula is C24H36F3N5O6. The predicted octanol–water partition coefficient (Wildman–Crippen LogP) is 2.55. The van der Waals surface area contributed by atoms with Crippen molar-refractivity contribution in [2.75, 3.05) is 6.54 Å². The van der Waals surface area contributed by atoms with Gasteiger partial charge in [-0.15, -0.1) is 0 Å². The Morgan fingerprint density at radius 1 is 1.05 bits per heavy atom. The number of carboxylic acid groups (broad SMARTS) is 2. The van der Waals surface area contributed by atoms with Gasteiger partial charge in [-0.25, -0.2) is 14.4 Å². The molecule has 1 fully saturated rings. The minimum absolute atomic E-state index is 0.278. The number of nitrogens with two attached hydrogens (primary N) is 1. The van der Waals surface area contributed by atoms with Crippen molar-refractivity contribution in [2.45, 2.75) is 82.6 Å². The van der Waals surface area contributed by atoms with E-state index in [9.17, 15) is 32.7 Å². The van der Waals surface area contributed by atoms with E-state index < -0.39 is 36.2 Å². The molecule has 0 saturated heterocycles. The van der Waals surface area contributed by atoms with Crippen LogP contribution in [-0.2, 0) is 20.9 Å². The number of carbonyl (C=O) groups is 4. The number of rotatable bonds is 12. The summed E-state index contributed by atoms with van der Waals surface area (Å²) in [6.45, 7) is 0.785. The van der Waals surface area contributed by atoms with Gasteiger partial charge in [0, 0.05) is 18.9 Å². The molecule has 0 aromatic carbocycles. The number of hydrogen-bond donors (Lipinski definition) is 6. The topological polar surface area (TPSA) is 184 Å². The van der Waals surface area contributed by atoms with Gasteiger partial charge in [0.15, 0.2) is 0 Å². The van der Waals surface area contributed by atoms with Crippen LogP contribution in [0.25, 0.3) is 0 Å². The van der Waals surface area contributed by atoms with Crippen molar-refractivity contribution in [3.63, 3.8) is 0 Å². The number of amides is 3. The Labute approximate surface area is 218 Å². The number of alkyl halides is 3. The number of urea groups is 1. The lowest BCUT2D eigenvalue weighted by molar-refractivity contribution is -0.192. The molecule has 0 unspecified atom stereocenters. The minimum Gasteiger partial charge on any atom is -0.480 e. The minimum atomic E-state index is -5.08. The molecule has 214 valence electrons. The molecule has 1 aromatic rings. The summed E-state index contributed by atoms with van der Waals surface area (Å²) in [5.41, 5.74) is 6.32. The maximum absolute atomic E-state index is 12.9. The molecule has 0 aliphatic heterocycles. The maximum Gasteiger partial charge on any atom is 0.490 e. The van der Waals surface area contributed by atoms with Gasteiger partial charge in [0.1, 0.15) is 12.1 Å². The molecule has 3 amide bonds. The Kier molecular flexibility index (Phi) is 14.7. The molecule has 1 saturated carbocycles. The first-order chi connectivity index (χ1) is 17.9. The largest absolute Gasteiger partial charge is 0.490 e. The SMILES string of the molecule is NCCCC[C@H](NC(=O)N[C@H](CC1CCCCC1)C(=O)NCc1cccnc1)C(=O)O.O=C(O)C(F)(F)F. The zero-order valence-corrected chi connectivity index (χ0v) is 21.0. The van der Waals surface area contributed by atoms with E-state index in [1.54, 1.807) is 18.5 Å². The number of carboxylic acids is 2. The highest BCUT2D eigenvalue weighted by Crippen LogP contribution is 2.27. The molecule has 1 aromatic heterocycles. The van der Waals surface area contributed by atoms with Crippen LogP contribution in [0.1, 0.15) is 63.4 Å². The number of pyridine rings is 1. The number of unbranched alkanes of at least 4 members (excludes halogenated alkanes) is 1. The van der Waals surface area contributed by atoms with E-state index in [1.165, 1.54) is 6.42 Å². The third-order valence-corrected chi connectivity index (χ3v) is 5.90. The third-order valence-electron chi connectivity index (χ3n) is 5.90. The van der Waals surface area contributed by atoms with E-state index in [4.69, 9.17) is 15.6 Å². The van der Waals surface area contributed by atoms with Gasteiger partial charge in [-0.2, -0.15) is 13.2 Å². The van der Waals surface area contributed by atoms with Gasteiger partial charge in [0.05, 0.1) is 0 Å². The number of carbonyl (C=O) groups excluding carboxylic acids is 2. The first-order valence-corrected chi connectivity index (χ1v) is 12.4. The van der Waals surface area contributed by atoms with Crippen LogP contribution >= 0.6 is 0 Å². The van der Waals surface area contributed by atoms with Crippen LogP contribution in [0.2, 0.25) is 0 Å². The Hall–Kier alpha value is -3.42. The van der Waals surface area contributed by atoms with Crippen LogP contribution in [0.4, 0.5) is 18.0 Å². The molecule has 7 N–H and O–H groups in total. The highest BCUT2D eigenvalue weighted by molar-refractivity contribution is 5.88. The van der Waals surface area contributed by atoms with Crippen molar-refractivity contribution in [2.24, 2.45) is 11.7 Å². The summed E-state index contributed by atoms with van der Waals surface area (Å²) < 4.78 is 31.7. The number of hydrogen-bond acceptors (Lipinski definition) is 6. The van der Waals surface area contributed by atoms with E-state index in [2.05, 4.69) is 20.9 Å². The van der Waals surface area contributed by atoms with E-state index in [1.807, 2.05) is 6.07 Å². The first-order valence-electron chi connectivity index (χ1n) is 12.4. The molecular weight excluding hydrogens is 511 g/mol. The van der Waals surface area contributed by atoms with Gasteiger partial charge in [0.2, 0.25) is 5.91 Å². The molecule has 1 aliphatic rings. The summed E-state index contributed by atoms with van der Waals surface area (Å²) in [6, 6.07) is 1.28. The summed E-state index contributed by atoms with van der Waals surface area (Å²) in [6.07, 6.45) is 5.90. The predicted molar refractivity (Wildman–Crippen MR) is 131 cm³/mol. The van der Waals surface area contributed by atoms with Gasteiger partial charge in [0.25, 0.3) is 0 Å². The van der Waals surface area contributed by atoms with Gasteiger partial charge >= 0.3 is 24.1 Å². The number of nitrogens with zero attached hydrogens (tertiary/aromatic N) is 1. The second-order valence-corrected chi connectivity index (χ2v) is 8.97. The highest BCUT2D eigenvalue weighted by Gasteiger charge is 2.38. The van der Waals surface area contributed by atoms with Crippen LogP contribution in [0.5, 0.6) is 0 Å². The third kappa shape index (κ3) is 13.8. The van der Waals surface area contributed by atoms with Gasteiger partial charge in [-0.1, -0.05) is 38.2 Å². The summed E-state index contributed by atoms with van der Waals surface area (Å²) >= 11 is 0. The molecule has 11 nitrogen and oxygen atoms in total. The fraction of sp³-hybridized carbons (Fsp3) is 0.625. The monoisotopic (exact) mass is 547 g/mol. The average molecular weight is 548 g/mol. The van der Waals surface area contributed by atoms with Crippen LogP contribution in [0.15, 0.2) is 24.5 Å². The lowest BCUT2D eigenvalue weighted by Crippen LogP contribution is -2.53. The molecule has 2 atom stereocenters. The molecule has 0 spiro atoms. The van der Waals surface area contributed by atoms with Gasteiger partial charge in [-0.05, 0) is 49.8 Å². The fourth-order valence-corrected chi connectivity index (χ4v) is 3.91. The van der Waals surface area contributed by atoms with E-state index >= 15 is 0 Å². The highest BCUT2D eigenvalue weighted by atomic mass is 19.4. The number of halogens is 3. The Morgan fingerprint density at radius 2 is 1.68 bits per heavy atom. The van der Waals surface area contributed by atoms with Crippen LogP contribution in [0, 0.1) is 5.92 Å². The Balaban J connectivity index is 0.000000905. The maximum atomic E-state index is 12.9. The van der Waals surface area contributed by atoms with Gasteiger partial charge in [-0.3, -0.25) is 9.78 Å². The number of aliphatic carboxylic acids is 2. The van der Waals surface area contributed by atoms with Crippen LogP contribution < -0.4 is 21.7 Å². The molecule has 14 heteroatoms.